The number of nitrogens with one attached hydrogen (secondary N) is 2. The third-order valence-electron chi connectivity index (χ3n) is 2.86. The van der Waals surface area contributed by atoms with Crippen LogP contribution in [0.25, 0.3) is 11.4 Å². The van der Waals surface area contributed by atoms with Crippen molar-refractivity contribution in [2.45, 2.75) is 25.6 Å². The molecule has 0 fully saturated rings. The first-order valence-electron chi connectivity index (χ1n) is 6.42. The quantitative estimate of drug-likeness (QED) is 0.842. The number of carbonyl (C=O) groups is 1. The number of aromatic nitrogens is 3. The Morgan fingerprint density at radius 1 is 1.35 bits per heavy atom. The molecule has 5 nitrogen and oxygen atoms in total. The predicted octanol–water partition coefficient (Wildman–Crippen LogP) is 3.14. The molecule has 1 aromatic heterocycles. The van der Waals surface area contributed by atoms with Gasteiger partial charge in [-0.15, -0.1) is 0 Å². The van der Waals surface area contributed by atoms with Gasteiger partial charge in [0.05, 0.1) is 10.5 Å². The zero-order valence-corrected chi connectivity index (χ0v) is 13.2. The van der Waals surface area contributed by atoms with Crippen LogP contribution in [0.2, 0.25) is 0 Å². The van der Waals surface area contributed by atoms with E-state index in [4.69, 9.17) is 0 Å². The topological polar surface area (TPSA) is 70.7 Å². The Morgan fingerprint density at radius 2 is 2.05 bits per heavy atom. The minimum Gasteiger partial charge on any atom is -0.324 e. The molecule has 1 unspecified atom stereocenters. The van der Waals surface area contributed by atoms with E-state index in [1.165, 1.54) is 0 Å². The highest BCUT2D eigenvalue weighted by Crippen LogP contribution is 2.26. The van der Waals surface area contributed by atoms with E-state index < -0.39 is 0 Å². The zero-order chi connectivity index (χ0) is 14.7. The van der Waals surface area contributed by atoms with E-state index >= 15 is 0 Å². The number of aryl methyl sites for hydroxylation is 1. The van der Waals surface area contributed by atoms with Gasteiger partial charge >= 0.3 is 0 Å². The van der Waals surface area contributed by atoms with Gasteiger partial charge in [0.25, 0.3) is 0 Å². The highest BCUT2D eigenvalue weighted by molar-refractivity contribution is 9.10. The van der Waals surface area contributed by atoms with Crippen molar-refractivity contribution in [3.05, 3.63) is 30.1 Å². The molecular formula is C14H17BrN4O. The first kappa shape index (κ1) is 14.7. The van der Waals surface area contributed by atoms with Crippen LogP contribution < -0.4 is 5.32 Å². The Kier molecular flexibility index (Phi) is 4.54. The first-order chi connectivity index (χ1) is 9.49. The minimum absolute atomic E-state index is 0.0697. The van der Waals surface area contributed by atoms with Gasteiger partial charge in [-0.1, -0.05) is 41.9 Å². The van der Waals surface area contributed by atoms with E-state index in [1.807, 2.05) is 45.0 Å². The van der Waals surface area contributed by atoms with Crippen LogP contribution in [0.3, 0.4) is 0 Å². The molecule has 0 spiro atoms. The Bertz CT molecular complexity index is 609. The van der Waals surface area contributed by atoms with Crippen LogP contribution in [0.5, 0.6) is 0 Å². The zero-order valence-electron chi connectivity index (χ0n) is 11.6. The second kappa shape index (κ2) is 6.17. The third kappa shape index (κ3) is 3.25. The maximum Gasteiger partial charge on any atom is 0.238 e. The van der Waals surface area contributed by atoms with Crippen LogP contribution in [0, 0.1) is 12.8 Å². The monoisotopic (exact) mass is 336 g/mol. The molecule has 2 N–H and O–H groups in total. The number of anilines is 1. The fourth-order valence-corrected chi connectivity index (χ4v) is 1.87. The molecule has 1 aromatic carbocycles. The van der Waals surface area contributed by atoms with Gasteiger partial charge in [-0.3, -0.25) is 9.89 Å². The highest BCUT2D eigenvalue weighted by atomic mass is 79.9. The fraction of sp³-hybridized carbons (Fsp3) is 0.357. The number of alkyl halides is 1. The lowest BCUT2D eigenvalue weighted by Gasteiger charge is -2.15. The predicted molar refractivity (Wildman–Crippen MR) is 82.7 cm³/mol. The smallest absolute Gasteiger partial charge is 0.238 e. The molecule has 0 aliphatic rings. The van der Waals surface area contributed by atoms with Crippen molar-refractivity contribution < 1.29 is 4.79 Å². The molecule has 0 saturated heterocycles. The van der Waals surface area contributed by atoms with Gasteiger partial charge in [0.2, 0.25) is 5.91 Å². The van der Waals surface area contributed by atoms with Gasteiger partial charge in [-0.05, 0) is 25.0 Å². The molecule has 2 aromatic rings. The van der Waals surface area contributed by atoms with Gasteiger partial charge in [0.1, 0.15) is 5.82 Å². The Balaban J connectivity index is 2.27. The molecule has 1 amide bonds. The number of rotatable bonds is 4. The van der Waals surface area contributed by atoms with Crippen molar-refractivity contribution in [3.63, 3.8) is 0 Å². The Morgan fingerprint density at radius 3 is 2.65 bits per heavy atom. The Hall–Kier alpha value is -1.69. The van der Waals surface area contributed by atoms with Crippen molar-refractivity contribution in [3.8, 4) is 11.4 Å². The number of H-pyrrole nitrogens is 1. The standard InChI is InChI=1S/C14H17BrN4O/c1-8(2)12(15)14(20)17-11-7-5-4-6-10(11)13-16-9(3)18-19-13/h4-8,12H,1-3H3,(H,17,20)(H,16,18,19). The molecule has 6 heteroatoms. The lowest BCUT2D eigenvalue weighted by Crippen LogP contribution is -2.27. The van der Waals surface area contributed by atoms with Crippen molar-refractivity contribution in [1.29, 1.82) is 0 Å². The largest absolute Gasteiger partial charge is 0.324 e. The van der Waals surface area contributed by atoms with E-state index in [-0.39, 0.29) is 16.7 Å². The molecule has 2 rings (SSSR count). The summed E-state index contributed by atoms with van der Waals surface area (Å²) in [6.45, 7) is 5.82. The summed E-state index contributed by atoms with van der Waals surface area (Å²) in [5.74, 6) is 1.46. The summed E-state index contributed by atoms with van der Waals surface area (Å²) in [5.41, 5.74) is 1.51. The number of hydrogen-bond donors (Lipinski definition) is 2. The summed E-state index contributed by atoms with van der Waals surface area (Å²) in [4.78, 5) is 16.2. The molecular weight excluding hydrogens is 320 g/mol. The number of hydrogen-bond acceptors (Lipinski definition) is 3. The average molecular weight is 337 g/mol. The summed E-state index contributed by atoms with van der Waals surface area (Å²) < 4.78 is 0. The van der Waals surface area contributed by atoms with Crippen LogP contribution in [0.1, 0.15) is 19.7 Å². The minimum atomic E-state index is -0.232. The van der Waals surface area contributed by atoms with Crippen molar-refractivity contribution in [1.82, 2.24) is 15.2 Å². The maximum absolute atomic E-state index is 12.1. The van der Waals surface area contributed by atoms with E-state index in [9.17, 15) is 4.79 Å². The third-order valence-corrected chi connectivity index (χ3v) is 4.33. The van der Waals surface area contributed by atoms with Crippen molar-refractivity contribution in [2.24, 2.45) is 5.92 Å². The highest BCUT2D eigenvalue weighted by Gasteiger charge is 2.20. The van der Waals surface area contributed by atoms with Gasteiger partial charge < -0.3 is 5.32 Å². The number of halogens is 1. The van der Waals surface area contributed by atoms with Crippen LogP contribution in [-0.2, 0) is 4.79 Å². The van der Waals surface area contributed by atoms with E-state index in [1.54, 1.807) is 0 Å². The lowest BCUT2D eigenvalue weighted by molar-refractivity contribution is -0.116. The summed E-state index contributed by atoms with van der Waals surface area (Å²) in [6, 6.07) is 7.50. The SMILES string of the molecule is Cc1nc(-c2ccccc2NC(=O)C(Br)C(C)C)n[nH]1. The summed E-state index contributed by atoms with van der Waals surface area (Å²) in [7, 11) is 0. The molecule has 0 aliphatic carbocycles. The number of benzene rings is 1. The number of aromatic amines is 1. The van der Waals surface area contributed by atoms with Crippen LogP contribution in [-0.4, -0.2) is 25.9 Å². The van der Waals surface area contributed by atoms with Crippen LogP contribution >= 0.6 is 15.9 Å². The van der Waals surface area contributed by atoms with Gasteiger partial charge in [0, 0.05) is 5.56 Å². The normalized spacial score (nSPS) is 12.4. The summed E-state index contributed by atoms with van der Waals surface area (Å²) in [5, 5.41) is 9.86. The number of carbonyl (C=O) groups excluding carboxylic acids is 1. The van der Waals surface area contributed by atoms with Crippen LogP contribution in [0.4, 0.5) is 5.69 Å². The number of nitrogens with zero attached hydrogens (tertiary/aromatic N) is 2. The van der Waals surface area contributed by atoms with Crippen molar-refractivity contribution >= 4 is 27.5 Å². The maximum atomic E-state index is 12.1. The molecule has 0 bridgehead atoms. The molecule has 1 atom stereocenters. The molecule has 20 heavy (non-hydrogen) atoms. The molecule has 0 saturated carbocycles. The average Bonchev–Trinajstić information content (AvgIpc) is 2.84. The van der Waals surface area contributed by atoms with Gasteiger partial charge in [-0.2, -0.15) is 5.10 Å². The lowest BCUT2D eigenvalue weighted by atomic mass is 10.1. The number of amides is 1. The fourth-order valence-electron chi connectivity index (χ4n) is 1.75. The molecule has 0 radical (unpaired) electrons. The summed E-state index contributed by atoms with van der Waals surface area (Å²) in [6.07, 6.45) is 0. The van der Waals surface area contributed by atoms with Gasteiger partial charge in [-0.25, -0.2) is 4.98 Å². The van der Waals surface area contributed by atoms with Gasteiger partial charge in [0.15, 0.2) is 5.82 Å². The van der Waals surface area contributed by atoms with Crippen LogP contribution in [0.15, 0.2) is 24.3 Å². The molecule has 106 valence electrons. The van der Waals surface area contributed by atoms with E-state index in [2.05, 4.69) is 36.4 Å². The van der Waals surface area contributed by atoms with E-state index in [0.717, 1.165) is 11.4 Å². The second-order valence-electron chi connectivity index (χ2n) is 4.93. The molecule has 0 aliphatic heterocycles. The Labute approximate surface area is 126 Å². The number of para-hydroxylation sites is 1. The second-order valence-corrected chi connectivity index (χ2v) is 5.91. The van der Waals surface area contributed by atoms with Crippen molar-refractivity contribution in [2.75, 3.05) is 5.32 Å². The molecule has 1 heterocycles. The first-order valence-corrected chi connectivity index (χ1v) is 7.34. The van der Waals surface area contributed by atoms with E-state index in [0.29, 0.717) is 11.5 Å². The summed E-state index contributed by atoms with van der Waals surface area (Å²) >= 11 is 3.40.